The summed E-state index contributed by atoms with van der Waals surface area (Å²) >= 11 is 1.54. The lowest BCUT2D eigenvalue weighted by atomic mass is 10.1. The number of aromatic nitrogens is 2. The van der Waals surface area contributed by atoms with Gasteiger partial charge in [-0.05, 0) is 37.7 Å². The summed E-state index contributed by atoms with van der Waals surface area (Å²) in [5.41, 5.74) is 5.47. The van der Waals surface area contributed by atoms with Crippen LogP contribution in [0.15, 0.2) is 29.4 Å². The highest BCUT2D eigenvalue weighted by atomic mass is 32.2. The Balaban J connectivity index is 1.93. The molecule has 1 aromatic heterocycles. The lowest BCUT2D eigenvalue weighted by Crippen LogP contribution is -3.04. The molecule has 0 saturated carbocycles. The molecule has 0 atom stereocenters. The van der Waals surface area contributed by atoms with Crippen LogP contribution in [0.4, 0.5) is 0 Å². The van der Waals surface area contributed by atoms with Gasteiger partial charge in [0.05, 0.1) is 14.1 Å². The summed E-state index contributed by atoms with van der Waals surface area (Å²) in [6, 6.07) is 8.29. The number of amides is 1. The van der Waals surface area contributed by atoms with Gasteiger partial charge in [-0.15, -0.1) is 0 Å². The molecule has 0 saturated heterocycles. The molecule has 0 aliphatic heterocycles. The van der Waals surface area contributed by atoms with E-state index in [0.29, 0.717) is 19.4 Å². The van der Waals surface area contributed by atoms with Crippen LogP contribution in [0.3, 0.4) is 0 Å². The second-order valence-corrected chi connectivity index (χ2v) is 7.56. The maximum absolute atomic E-state index is 12.3. The summed E-state index contributed by atoms with van der Waals surface area (Å²) in [6.07, 6.45) is 3.09. The molecule has 1 aromatic carbocycles. The fraction of sp³-hybridized carbons (Fsp3) is 0.450. The minimum absolute atomic E-state index is 0.0600. The summed E-state index contributed by atoms with van der Waals surface area (Å²) in [7, 11) is 4.26. The summed E-state index contributed by atoms with van der Waals surface area (Å²) in [5, 5.41) is 3.84. The molecule has 1 heterocycles. The number of rotatable bonds is 8. The molecule has 0 radical (unpaired) electrons. The second kappa shape index (κ2) is 9.69. The molecular weight excluding hydrogens is 344 g/mol. The second-order valence-electron chi connectivity index (χ2n) is 6.79. The van der Waals surface area contributed by atoms with Crippen molar-refractivity contribution in [1.29, 1.82) is 0 Å². The monoisotopic (exact) mass is 373 g/mol. The van der Waals surface area contributed by atoms with Crippen molar-refractivity contribution in [2.24, 2.45) is 0 Å². The number of thioether (sulfide) groups is 1. The zero-order chi connectivity index (χ0) is 19.1. The Labute approximate surface area is 160 Å². The van der Waals surface area contributed by atoms with Crippen LogP contribution in [0.25, 0.3) is 0 Å². The molecule has 0 spiro atoms. The number of carbonyl (C=O) groups excluding carboxylic acids is 1. The molecule has 0 aliphatic rings. The molecule has 0 fully saturated rings. The summed E-state index contributed by atoms with van der Waals surface area (Å²) in [5.74, 6) is 0.0600. The third kappa shape index (κ3) is 5.81. The maximum atomic E-state index is 12.3. The Hall–Kier alpha value is -1.92. The number of benzene rings is 1. The zero-order valence-corrected chi connectivity index (χ0v) is 17.2. The van der Waals surface area contributed by atoms with E-state index in [9.17, 15) is 4.79 Å². The molecule has 0 unspecified atom stereocenters. The highest BCUT2D eigenvalue weighted by Gasteiger charge is 2.11. The average Bonchev–Trinajstić information content (AvgIpc) is 2.59. The van der Waals surface area contributed by atoms with Crippen LogP contribution in [0.5, 0.6) is 0 Å². The Morgan fingerprint density at radius 1 is 1.12 bits per heavy atom. The summed E-state index contributed by atoms with van der Waals surface area (Å²) in [6.45, 7) is 5.49. The van der Waals surface area contributed by atoms with Gasteiger partial charge >= 0.3 is 0 Å². The van der Waals surface area contributed by atoms with Crippen LogP contribution in [0, 0.1) is 13.8 Å². The van der Waals surface area contributed by atoms with Crippen LogP contribution < -0.4 is 10.2 Å². The van der Waals surface area contributed by atoms with Gasteiger partial charge in [-0.25, -0.2) is 9.97 Å². The van der Waals surface area contributed by atoms with Gasteiger partial charge in [-0.1, -0.05) is 36.0 Å². The molecule has 2 N–H and O–H groups in total. The Morgan fingerprint density at radius 2 is 1.73 bits per heavy atom. The van der Waals surface area contributed by atoms with E-state index < -0.39 is 0 Å². The van der Waals surface area contributed by atoms with Gasteiger partial charge in [0.15, 0.2) is 5.16 Å². The van der Waals surface area contributed by atoms with Crippen molar-refractivity contribution in [2.45, 2.75) is 44.9 Å². The number of hydrogen-bond donors (Lipinski definition) is 2. The minimum atomic E-state index is 0.0600. The van der Waals surface area contributed by atoms with E-state index in [1.54, 1.807) is 0 Å². The predicted octanol–water partition coefficient (Wildman–Crippen LogP) is 1.71. The fourth-order valence-electron chi connectivity index (χ4n) is 2.97. The normalized spacial score (nSPS) is 11.0. The zero-order valence-electron chi connectivity index (χ0n) is 16.3. The standard InChI is InChI=1S/C20H28N4OS/c1-14-18(15(2)23-20(22-14)26-5)10-11-19(25)21-12-16-8-6-7-9-17(16)13-24(3)4/h6-9H,10-13H2,1-5H3,(H,21,25)/p+1. The highest BCUT2D eigenvalue weighted by molar-refractivity contribution is 7.98. The van der Waals surface area contributed by atoms with E-state index in [0.717, 1.165) is 28.7 Å². The molecule has 5 nitrogen and oxygen atoms in total. The topological polar surface area (TPSA) is 59.3 Å². The summed E-state index contributed by atoms with van der Waals surface area (Å²) in [4.78, 5) is 22.6. The van der Waals surface area contributed by atoms with Gasteiger partial charge in [0.25, 0.3) is 0 Å². The number of aryl methyl sites for hydroxylation is 2. The highest BCUT2D eigenvalue weighted by Crippen LogP contribution is 2.17. The smallest absolute Gasteiger partial charge is 0.220 e. The van der Waals surface area contributed by atoms with E-state index in [1.807, 2.05) is 32.2 Å². The van der Waals surface area contributed by atoms with Crippen LogP contribution in [0.1, 0.15) is 34.5 Å². The SMILES string of the molecule is CSc1nc(C)c(CCC(=O)NCc2ccccc2C[NH+](C)C)c(C)n1. The van der Waals surface area contributed by atoms with Gasteiger partial charge in [-0.3, -0.25) is 4.79 Å². The van der Waals surface area contributed by atoms with Crippen LogP contribution in [-0.4, -0.2) is 36.2 Å². The Kier molecular flexibility index (Phi) is 7.60. The predicted molar refractivity (Wildman–Crippen MR) is 106 cm³/mol. The van der Waals surface area contributed by atoms with Crippen molar-refractivity contribution in [2.75, 3.05) is 20.4 Å². The van der Waals surface area contributed by atoms with Crippen LogP contribution in [0.2, 0.25) is 0 Å². The van der Waals surface area contributed by atoms with Crippen LogP contribution in [-0.2, 0) is 24.3 Å². The first kappa shape index (κ1) is 20.4. The molecule has 0 aliphatic carbocycles. The van der Waals surface area contributed by atoms with Gasteiger partial charge in [0.2, 0.25) is 5.91 Å². The fourth-order valence-corrected chi connectivity index (χ4v) is 3.42. The largest absolute Gasteiger partial charge is 0.352 e. The molecule has 6 heteroatoms. The Bertz CT molecular complexity index is 738. The molecule has 26 heavy (non-hydrogen) atoms. The first-order valence-corrected chi connectivity index (χ1v) is 10.1. The first-order valence-electron chi connectivity index (χ1n) is 8.91. The van der Waals surface area contributed by atoms with Crippen molar-refractivity contribution in [3.05, 3.63) is 52.3 Å². The molecular formula is C20H29N4OS+. The third-order valence-corrected chi connectivity index (χ3v) is 4.87. The number of hydrogen-bond acceptors (Lipinski definition) is 4. The molecule has 0 bridgehead atoms. The quantitative estimate of drug-likeness (QED) is 0.546. The van der Waals surface area contributed by atoms with Gasteiger partial charge in [0.1, 0.15) is 6.54 Å². The van der Waals surface area contributed by atoms with Crippen LogP contribution >= 0.6 is 11.8 Å². The van der Waals surface area contributed by atoms with E-state index in [-0.39, 0.29) is 5.91 Å². The maximum Gasteiger partial charge on any atom is 0.220 e. The average molecular weight is 374 g/mol. The number of nitrogens with one attached hydrogen (secondary N) is 2. The van der Waals surface area contributed by atoms with E-state index >= 15 is 0 Å². The van der Waals surface area contributed by atoms with Gasteiger partial charge in [0, 0.05) is 29.9 Å². The van der Waals surface area contributed by atoms with Crippen molar-refractivity contribution in [1.82, 2.24) is 15.3 Å². The van der Waals surface area contributed by atoms with Crippen molar-refractivity contribution < 1.29 is 9.69 Å². The molecule has 2 rings (SSSR count). The number of nitrogens with zero attached hydrogens (tertiary/aromatic N) is 2. The van der Waals surface area contributed by atoms with Crippen molar-refractivity contribution >= 4 is 17.7 Å². The third-order valence-electron chi connectivity index (χ3n) is 4.32. The Morgan fingerprint density at radius 3 is 2.31 bits per heavy atom. The van der Waals surface area contributed by atoms with E-state index in [4.69, 9.17) is 0 Å². The van der Waals surface area contributed by atoms with E-state index in [1.165, 1.54) is 27.8 Å². The number of quaternary nitrogens is 1. The van der Waals surface area contributed by atoms with E-state index in [2.05, 4.69) is 41.5 Å². The lowest BCUT2D eigenvalue weighted by molar-refractivity contribution is -0.872. The lowest BCUT2D eigenvalue weighted by Gasteiger charge is -2.13. The molecule has 2 aromatic rings. The van der Waals surface area contributed by atoms with Crippen molar-refractivity contribution in [3.8, 4) is 0 Å². The minimum Gasteiger partial charge on any atom is -0.352 e. The van der Waals surface area contributed by atoms with Gasteiger partial charge < -0.3 is 10.2 Å². The van der Waals surface area contributed by atoms with Gasteiger partial charge in [-0.2, -0.15) is 0 Å². The molecule has 1 amide bonds. The number of carbonyl (C=O) groups is 1. The molecule has 140 valence electrons. The first-order chi connectivity index (χ1) is 12.4. The summed E-state index contributed by atoms with van der Waals surface area (Å²) < 4.78 is 0. The van der Waals surface area contributed by atoms with Crippen molar-refractivity contribution in [3.63, 3.8) is 0 Å².